The van der Waals surface area contributed by atoms with E-state index in [1.165, 1.54) is 18.2 Å². The van der Waals surface area contributed by atoms with Crippen LogP contribution in [0, 0.1) is 0 Å². The minimum atomic E-state index is -2.65. The molecule has 1 heterocycles. The number of nitrogens with zero attached hydrogens (tertiary/aromatic N) is 5. The van der Waals surface area contributed by atoms with E-state index < -0.39 is 28.7 Å². The lowest BCUT2D eigenvalue weighted by Crippen LogP contribution is -2.45. The van der Waals surface area contributed by atoms with Gasteiger partial charge in [0.15, 0.2) is 5.82 Å². The fourth-order valence-corrected chi connectivity index (χ4v) is 2.74. The van der Waals surface area contributed by atoms with Gasteiger partial charge in [-0.25, -0.2) is 34.7 Å². The van der Waals surface area contributed by atoms with Gasteiger partial charge in [0, 0.05) is 5.56 Å². The van der Waals surface area contributed by atoms with Crippen LogP contribution < -0.4 is 33.2 Å². The van der Waals surface area contributed by atoms with Crippen LogP contribution in [0.5, 0.6) is 0 Å². The molecule has 1 aromatic carbocycles. The average molecular weight is 416 g/mol. The van der Waals surface area contributed by atoms with Crippen molar-refractivity contribution in [3.05, 3.63) is 28.8 Å². The molecule has 0 bridgehead atoms. The Morgan fingerprint density at radius 1 is 1.07 bits per heavy atom. The van der Waals surface area contributed by atoms with Gasteiger partial charge in [0.25, 0.3) is 5.95 Å². The molecule has 0 spiro atoms. The second kappa shape index (κ2) is 8.09. The zero-order valence-corrected chi connectivity index (χ0v) is 15.1. The first-order valence-corrected chi connectivity index (χ1v) is 8.69. The molecule has 0 aliphatic carbocycles. The summed E-state index contributed by atoms with van der Waals surface area (Å²) in [6, 6.07) is 2.13. The van der Waals surface area contributed by atoms with Crippen molar-refractivity contribution in [2.45, 2.75) is 5.75 Å². The Morgan fingerprint density at radius 3 is 2.22 bits per heavy atom. The third-order valence-corrected chi connectivity index (χ3v) is 4.11. The fraction of sp³-hybridized carbons (Fsp3) is 0.0833. The number of rotatable bonds is 5. The first-order chi connectivity index (χ1) is 12.6. The maximum absolute atomic E-state index is 11.5. The Bertz CT molecular complexity index is 975. The van der Waals surface area contributed by atoms with E-state index in [1.807, 2.05) is 0 Å². The molecule has 4 amide bonds. The van der Waals surface area contributed by atoms with E-state index in [1.54, 1.807) is 0 Å². The standard InChI is InChI=1S/C12H14ClN9O4S/c13-7-3-5(4-27(25)26)1-2-6(7)8-9(21(16)10(14)23)18-12(20-19-8)22(17)11(15)24/h1-3,27H,4,16-17H2,(H2,14,23)(H2,15,24). The van der Waals surface area contributed by atoms with Crippen LogP contribution in [0.25, 0.3) is 11.3 Å². The van der Waals surface area contributed by atoms with Crippen molar-refractivity contribution in [1.82, 2.24) is 15.2 Å². The molecular formula is C12H14ClN9O4S. The SMILES string of the molecule is NC(=O)N(N)c1nnc(-c2ccc(C[SH](=O)=O)cc2Cl)c(N(N)C(N)=O)n1. The smallest absolute Gasteiger partial charge is 0.336 e. The lowest BCUT2D eigenvalue weighted by Gasteiger charge is -2.18. The van der Waals surface area contributed by atoms with Gasteiger partial charge in [-0.15, -0.1) is 10.2 Å². The number of hydrogen-bond donors (Lipinski definition) is 5. The summed E-state index contributed by atoms with van der Waals surface area (Å²) in [5.74, 6) is 10.0. The number of amides is 4. The van der Waals surface area contributed by atoms with Crippen molar-refractivity contribution < 1.29 is 18.0 Å². The molecule has 0 saturated heterocycles. The summed E-state index contributed by atoms with van der Waals surface area (Å²) in [5.41, 5.74) is 10.8. The number of benzene rings is 1. The van der Waals surface area contributed by atoms with Crippen LogP contribution in [0.4, 0.5) is 21.4 Å². The second-order valence-corrected chi connectivity index (χ2v) is 6.39. The van der Waals surface area contributed by atoms with Crippen molar-refractivity contribution in [2.24, 2.45) is 23.2 Å². The van der Waals surface area contributed by atoms with Crippen molar-refractivity contribution in [2.75, 3.05) is 10.0 Å². The quantitative estimate of drug-likeness (QED) is 0.171. The molecule has 2 aromatic rings. The molecule has 27 heavy (non-hydrogen) atoms. The number of carbonyl (C=O) groups is 2. The first-order valence-electron chi connectivity index (χ1n) is 6.95. The third kappa shape index (κ3) is 4.56. The predicted octanol–water partition coefficient (Wildman–Crippen LogP) is -1.18. The van der Waals surface area contributed by atoms with Crippen LogP contribution in [-0.2, 0) is 16.5 Å². The highest BCUT2D eigenvalue weighted by atomic mass is 35.5. The maximum atomic E-state index is 11.5. The highest BCUT2D eigenvalue weighted by molar-refractivity contribution is 7.71. The van der Waals surface area contributed by atoms with E-state index in [0.717, 1.165) is 0 Å². The monoisotopic (exact) mass is 415 g/mol. The van der Waals surface area contributed by atoms with Gasteiger partial charge in [0.05, 0.1) is 10.8 Å². The van der Waals surface area contributed by atoms with Crippen LogP contribution in [-0.4, -0.2) is 35.7 Å². The molecule has 0 saturated carbocycles. The molecule has 1 aromatic heterocycles. The number of nitrogens with two attached hydrogens (primary N) is 4. The Morgan fingerprint density at radius 2 is 1.70 bits per heavy atom. The molecule has 13 nitrogen and oxygen atoms in total. The summed E-state index contributed by atoms with van der Waals surface area (Å²) in [4.78, 5) is 26.5. The van der Waals surface area contributed by atoms with Gasteiger partial charge in [-0.1, -0.05) is 23.7 Å². The number of hydrazine groups is 2. The van der Waals surface area contributed by atoms with Crippen LogP contribution in [0.15, 0.2) is 18.2 Å². The Kier molecular flexibility index (Phi) is 6.06. The molecule has 0 aliphatic rings. The zero-order chi connectivity index (χ0) is 20.3. The first kappa shape index (κ1) is 20.2. The number of carbonyl (C=O) groups excluding carboxylic acids is 2. The second-order valence-electron chi connectivity index (χ2n) is 5.01. The molecule has 0 unspecified atom stereocenters. The van der Waals surface area contributed by atoms with E-state index in [4.69, 9.17) is 34.8 Å². The number of aromatic nitrogens is 3. The largest absolute Gasteiger partial charge is 0.350 e. The Labute approximate surface area is 158 Å². The summed E-state index contributed by atoms with van der Waals surface area (Å²) < 4.78 is 21.7. The van der Waals surface area contributed by atoms with Crippen LogP contribution in [0.2, 0.25) is 5.02 Å². The number of primary amides is 2. The molecule has 0 fully saturated rings. The maximum Gasteiger partial charge on any atom is 0.336 e. The zero-order valence-electron chi connectivity index (χ0n) is 13.4. The fourth-order valence-electron chi connectivity index (χ4n) is 1.95. The third-order valence-electron chi connectivity index (χ3n) is 3.18. The van der Waals surface area contributed by atoms with E-state index >= 15 is 0 Å². The lowest BCUT2D eigenvalue weighted by molar-refractivity contribution is 0.253. The van der Waals surface area contributed by atoms with Gasteiger partial charge in [-0.05, 0) is 11.6 Å². The lowest BCUT2D eigenvalue weighted by atomic mass is 10.1. The van der Waals surface area contributed by atoms with Crippen molar-refractivity contribution in [3.8, 4) is 11.3 Å². The Hall–Kier alpha value is -3.07. The van der Waals surface area contributed by atoms with E-state index in [-0.39, 0.29) is 27.9 Å². The van der Waals surface area contributed by atoms with Gasteiger partial charge in [0.1, 0.15) is 16.4 Å². The number of hydrogen-bond acceptors (Lipinski definition) is 9. The molecular weight excluding hydrogens is 402 g/mol. The molecule has 2 rings (SSSR count). The predicted molar refractivity (Wildman–Crippen MR) is 96.8 cm³/mol. The summed E-state index contributed by atoms with van der Waals surface area (Å²) >= 11 is 6.18. The van der Waals surface area contributed by atoms with Crippen molar-refractivity contribution in [1.29, 1.82) is 0 Å². The molecule has 0 atom stereocenters. The minimum Gasteiger partial charge on any atom is -0.350 e. The van der Waals surface area contributed by atoms with Gasteiger partial charge in [-0.3, -0.25) is 0 Å². The molecule has 144 valence electrons. The normalized spacial score (nSPS) is 10.7. The van der Waals surface area contributed by atoms with E-state index in [0.29, 0.717) is 15.6 Å². The molecule has 8 N–H and O–H groups in total. The van der Waals surface area contributed by atoms with Gasteiger partial charge >= 0.3 is 12.1 Å². The van der Waals surface area contributed by atoms with E-state index in [9.17, 15) is 18.0 Å². The van der Waals surface area contributed by atoms with Crippen molar-refractivity contribution in [3.63, 3.8) is 0 Å². The van der Waals surface area contributed by atoms with Gasteiger partial charge < -0.3 is 11.5 Å². The summed E-state index contributed by atoms with van der Waals surface area (Å²) in [5, 5.41) is 8.39. The summed E-state index contributed by atoms with van der Waals surface area (Å²) in [6.45, 7) is 0. The van der Waals surface area contributed by atoms with Crippen LogP contribution in [0.3, 0.4) is 0 Å². The van der Waals surface area contributed by atoms with Gasteiger partial charge in [0.2, 0.25) is 0 Å². The van der Waals surface area contributed by atoms with Crippen LogP contribution >= 0.6 is 11.6 Å². The number of urea groups is 2. The van der Waals surface area contributed by atoms with E-state index in [2.05, 4.69) is 15.2 Å². The van der Waals surface area contributed by atoms with Crippen LogP contribution in [0.1, 0.15) is 5.56 Å². The molecule has 0 radical (unpaired) electrons. The highest BCUT2D eigenvalue weighted by Crippen LogP contribution is 2.33. The number of anilines is 2. The summed E-state index contributed by atoms with van der Waals surface area (Å²) in [7, 11) is -2.65. The summed E-state index contributed by atoms with van der Waals surface area (Å²) in [6.07, 6.45) is 0. The van der Waals surface area contributed by atoms with Crippen molar-refractivity contribution >= 4 is 46.1 Å². The minimum absolute atomic E-state index is 0.0685. The van der Waals surface area contributed by atoms with Gasteiger partial charge in [-0.2, -0.15) is 9.99 Å². The Balaban J connectivity index is 2.61. The number of halogens is 1. The highest BCUT2D eigenvalue weighted by Gasteiger charge is 2.23. The molecule has 15 heteroatoms. The average Bonchev–Trinajstić information content (AvgIpc) is 2.59. The number of thiol groups is 1. The topological polar surface area (TPSA) is 218 Å². The molecule has 0 aliphatic heterocycles.